The van der Waals surface area contributed by atoms with E-state index in [1.54, 1.807) is 48.8 Å². The summed E-state index contributed by atoms with van der Waals surface area (Å²) in [5.74, 6) is -1.16. The van der Waals surface area contributed by atoms with E-state index in [1.807, 2.05) is 25.1 Å². The summed E-state index contributed by atoms with van der Waals surface area (Å²) >= 11 is 1.34. The van der Waals surface area contributed by atoms with Crippen LogP contribution in [0.15, 0.2) is 72.6 Å². The van der Waals surface area contributed by atoms with Crippen molar-refractivity contribution in [1.29, 1.82) is 0 Å². The van der Waals surface area contributed by atoms with Crippen LogP contribution in [-0.2, 0) is 9.59 Å². The molecule has 1 amide bonds. The van der Waals surface area contributed by atoms with Crippen molar-refractivity contribution in [1.82, 2.24) is 9.97 Å². The monoisotopic (exact) mass is 499 g/mol. The van der Waals surface area contributed by atoms with Crippen LogP contribution in [0.4, 0.5) is 5.13 Å². The lowest BCUT2D eigenvalue weighted by molar-refractivity contribution is -0.132. The second-order valence-corrected chi connectivity index (χ2v) is 9.66. The number of amides is 1. The minimum Gasteiger partial charge on any atom is -0.507 e. The van der Waals surface area contributed by atoms with Crippen molar-refractivity contribution < 1.29 is 19.4 Å². The van der Waals surface area contributed by atoms with Gasteiger partial charge in [0, 0.05) is 18.0 Å². The van der Waals surface area contributed by atoms with Gasteiger partial charge in [0.1, 0.15) is 11.5 Å². The highest BCUT2D eigenvalue weighted by Gasteiger charge is 2.48. The number of benzene rings is 2. The summed E-state index contributed by atoms with van der Waals surface area (Å²) in [5, 5.41) is 11.8. The first-order chi connectivity index (χ1) is 17.5. The molecular weight excluding hydrogens is 474 g/mol. The topological polar surface area (TPSA) is 92.6 Å². The molecule has 1 unspecified atom stereocenters. The average molecular weight is 500 g/mol. The molecule has 3 heterocycles. The van der Waals surface area contributed by atoms with E-state index in [9.17, 15) is 14.7 Å². The van der Waals surface area contributed by atoms with Crippen molar-refractivity contribution in [2.24, 2.45) is 0 Å². The average Bonchev–Trinajstić information content (AvgIpc) is 3.42. The summed E-state index contributed by atoms with van der Waals surface area (Å²) in [6.07, 6.45) is 5.10. The number of ketones is 1. The number of aliphatic hydroxyl groups excluding tert-OH is 1. The van der Waals surface area contributed by atoms with Gasteiger partial charge in [-0.1, -0.05) is 42.9 Å². The molecule has 182 valence electrons. The number of ether oxygens (including phenoxy) is 1. The number of aromatic nitrogens is 2. The number of rotatable bonds is 7. The number of aliphatic hydroxyl groups is 1. The first-order valence-corrected chi connectivity index (χ1v) is 12.6. The third-order valence-corrected chi connectivity index (χ3v) is 7.10. The maximum Gasteiger partial charge on any atom is 0.301 e. The standard InChI is InChI=1S/C28H25N3O4S/c1-3-4-14-35-20-7-5-6-19(16-20)25(32)23-24(18-10-12-29-13-11-18)31(27(34)26(23)33)28-30-21-9-8-17(2)15-22(21)36-28/h5-13,15-16,24,32H,3-4,14H2,1-2H3. The minimum atomic E-state index is -0.848. The van der Waals surface area contributed by atoms with Gasteiger partial charge in [-0.15, -0.1) is 0 Å². The van der Waals surface area contributed by atoms with Gasteiger partial charge >= 0.3 is 5.91 Å². The number of Topliss-reactive ketones (excluding diaryl/α,β-unsaturated/α-hetero) is 1. The second-order valence-electron chi connectivity index (χ2n) is 8.65. The van der Waals surface area contributed by atoms with Crippen molar-refractivity contribution in [2.75, 3.05) is 11.5 Å². The summed E-state index contributed by atoms with van der Waals surface area (Å²) in [7, 11) is 0. The molecule has 0 spiro atoms. The molecule has 1 fully saturated rings. The van der Waals surface area contributed by atoms with E-state index < -0.39 is 17.7 Å². The van der Waals surface area contributed by atoms with Crippen molar-refractivity contribution in [3.05, 3.63) is 89.3 Å². The van der Waals surface area contributed by atoms with Crippen molar-refractivity contribution >= 4 is 44.1 Å². The van der Waals surface area contributed by atoms with Crippen LogP contribution in [0.1, 0.15) is 42.5 Å². The van der Waals surface area contributed by atoms with Gasteiger partial charge in [-0.25, -0.2) is 4.98 Å². The Balaban J connectivity index is 1.63. The quantitative estimate of drug-likeness (QED) is 0.149. The Morgan fingerprint density at radius 3 is 2.69 bits per heavy atom. The number of anilines is 1. The van der Waals surface area contributed by atoms with E-state index >= 15 is 0 Å². The molecule has 2 aromatic heterocycles. The van der Waals surface area contributed by atoms with Crippen LogP contribution >= 0.6 is 11.3 Å². The van der Waals surface area contributed by atoms with Crippen LogP contribution in [0, 0.1) is 6.92 Å². The van der Waals surface area contributed by atoms with Crippen molar-refractivity contribution in [3.63, 3.8) is 0 Å². The Labute approximate surface area is 212 Å². The Morgan fingerprint density at radius 1 is 1.11 bits per heavy atom. The number of hydrogen-bond donors (Lipinski definition) is 1. The smallest absolute Gasteiger partial charge is 0.301 e. The number of nitrogens with zero attached hydrogens (tertiary/aromatic N) is 3. The van der Waals surface area contributed by atoms with E-state index in [0.29, 0.717) is 28.6 Å². The van der Waals surface area contributed by atoms with Crippen LogP contribution < -0.4 is 9.64 Å². The van der Waals surface area contributed by atoms with E-state index in [4.69, 9.17) is 4.74 Å². The first-order valence-electron chi connectivity index (χ1n) is 11.8. The van der Waals surface area contributed by atoms with Crippen LogP contribution in [0.5, 0.6) is 5.75 Å². The van der Waals surface area contributed by atoms with E-state index in [-0.39, 0.29) is 11.3 Å². The Hall–Kier alpha value is -4.04. The Bertz CT molecular complexity index is 1480. The van der Waals surface area contributed by atoms with Gasteiger partial charge in [-0.3, -0.25) is 19.5 Å². The number of carbonyl (C=O) groups excluding carboxylic acids is 2. The predicted molar refractivity (Wildman–Crippen MR) is 140 cm³/mol. The van der Waals surface area contributed by atoms with Gasteiger partial charge in [-0.05, 0) is 60.9 Å². The zero-order valence-electron chi connectivity index (χ0n) is 20.0. The molecule has 1 saturated heterocycles. The molecule has 1 aliphatic heterocycles. The molecule has 1 aliphatic rings. The number of hydrogen-bond acceptors (Lipinski definition) is 7. The van der Waals surface area contributed by atoms with Gasteiger partial charge in [-0.2, -0.15) is 0 Å². The third-order valence-electron chi connectivity index (χ3n) is 6.08. The maximum absolute atomic E-state index is 13.4. The normalized spacial score (nSPS) is 17.2. The molecule has 0 saturated carbocycles. The highest BCUT2D eigenvalue weighted by atomic mass is 32.1. The largest absolute Gasteiger partial charge is 0.507 e. The summed E-state index contributed by atoms with van der Waals surface area (Å²) in [5.41, 5.74) is 2.88. The zero-order chi connectivity index (χ0) is 25.2. The van der Waals surface area contributed by atoms with Gasteiger partial charge < -0.3 is 9.84 Å². The van der Waals surface area contributed by atoms with Gasteiger partial charge in [0.2, 0.25) is 0 Å². The Morgan fingerprint density at radius 2 is 1.92 bits per heavy atom. The molecule has 1 atom stereocenters. The second kappa shape index (κ2) is 9.91. The molecule has 0 aliphatic carbocycles. The third kappa shape index (κ3) is 4.35. The van der Waals surface area contributed by atoms with Crippen LogP contribution in [0.3, 0.4) is 0 Å². The van der Waals surface area contributed by atoms with Gasteiger partial charge in [0.05, 0.1) is 28.4 Å². The molecule has 0 radical (unpaired) electrons. The summed E-state index contributed by atoms with van der Waals surface area (Å²) < 4.78 is 6.69. The van der Waals surface area contributed by atoms with E-state index in [2.05, 4.69) is 16.9 Å². The first kappa shape index (κ1) is 23.7. The lowest BCUT2D eigenvalue weighted by Crippen LogP contribution is -2.29. The maximum atomic E-state index is 13.4. The SMILES string of the molecule is CCCCOc1cccc(C(O)=C2C(=O)C(=O)N(c3nc4ccc(C)cc4s3)C2c2ccncc2)c1. The van der Waals surface area contributed by atoms with Gasteiger partial charge in [0.25, 0.3) is 5.78 Å². The number of pyridine rings is 1. The molecule has 5 rings (SSSR count). The fourth-order valence-corrected chi connectivity index (χ4v) is 5.33. The fraction of sp³-hybridized carbons (Fsp3) is 0.214. The highest BCUT2D eigenvalue weighted by molar-refractivity contribution is 7.22. The zero-order valence-corrected chi connectivity index (χ0v) is 20.8. The number of fused-ring (bicyclic) bond motifs is 1. The predicted octanol–water partition coefficient (Wildman–Crippen LogP) is 5.80. The van der Waals surface area contributed by atoms with E-state index in [1.165, 1.54) is 16.2 Å². The molecular formula is C28H25N3O4S. The lowest BCUT2D eigenvalue weighted by Gasteiger charge is -2.22. The van der Waals surface area contributed by atoms with Gasteiger partial charge in [0.15, 0.2) is 5.13 Å². The number of carbonyl (C=O) groups is 2. The Kier molecular flexibility index (Phi) is 6.52. The van der Waals surface area contributed by atoms with Crippen LogP contribution in [0.2, 0.25) is 0 Å². The van der Waals surface area contributed by atoms with E-state index in [0.717, 1.165) is 28.6 Å². The van der Waals surface area contributed by atoms with Crippen LogP contribution in [0.25, 0.3) is 16.0 Å². The number of aryl methyl sites for hydroxylation is 1. The van der Waals surface area contributed by atoms with Crippen molar-refractivity contribution in [2.45, 2.75) is 32.7 Å². The highest BCUT2D eigenvalue weighted by Crippen LogP contribution is 2.44. The fourth-order valence-electron chi connectivity index (χ4n) is 4.24. The summed E-state index contributed by atoms with van der Waals surface area (Å²) in [6.45, 7) is 4.62. The molecule has 4 aromatic rings. The number of unbranched alkanes of at least 4 members (excludes halogenated alkanes) is 1. The molecule has 0 bridgehead atoms. The summed E-state index contributed by atoms with van der Waals surface area (Å²) in [4.78, 5) is 36.9. The minimum absolute atomic E-state index is 0.00680. The number of thiazole rings is 1. The molecule has 1 N–H and O–H groups in total. The molecule has 36 heavy (non-hydrogen) atoms. The van der Waals surface area contributed by atoms with Crippen molar-refractivity contribution in [3.8, 4) is 5.75 Å². The molecule has 8 heteroatoms. The molecule has 2 aromatic carbocycles. The lowest BCUT2D eigenvalue weighted by atomic mass is 9.96. The molecule has 7 nitrogen and oxygen atoms in total. The van der Waals surface area contributed by atoms with Crippen LogP contribution in [-0.4, -0.2) is 33.4 Å². The summed E-state index contributed by atoms with van der Waals surface area (Å²) in [6, 6.07) is 15.4.